The maximum atomic E-state index is 13.0. The zero-order chi connectivity index (χ0) is 17.3. The number of hydrogen-bond acceptors (Lipinski definition) is 4. The van der Waals surface area contributed by atoms with E-state index in [-0.39, 0.29) is 25.0 Å². The fourth-order valence-electron chi connectivity index (χ4n) is 1.91. The van der Waals surface area contributed by atoms with Gasteiger partial charge in [0.25, 0.3) is 0 Å². The molecule has 0 saturated heterocycles. The van der Waals surface area contributed by atoms with Crippen LogP contribution in [0.3, 0.4) is 0 Å². The van der Waals surface area contributed by atoms with E-state index in [1.54, 1.807) is 13.0 Å². The van der Waals surface area contributed by atoms with Crippen molar-refractivity contribution in [3.63, 3.8) is 0 Å². The van der Waals surface area contributed by atoms with Crippen molar-refractivity contribution in [2.24, 2.45) is 0 Å². The number of alkyl halides is 3. The molecule has 23 heavy (non-hydrogen) atoms. The summed E-state index contributed by atoms with van der Waals surface area (Å²) in [5.74, 6) is -1.03. The maximum Gasteiger partial charge on any atom is 0.425 e. The number of hydrogen-bond donors (Lipinski definition) is 1. The molecule has 1 unspecified atom stereocenters. The van der Waals surface area contributed by atoms with Crippen molar-refractivity contribution in [2.45, 2.75) is 44.6 Å². The molecule has 0 fully saturated rings. The molecule has 0 aromatic heterocycles. The van der Waals surface area contributed by atoms with Gasteiger partial charge in [0, 0.05) is 13.2 Å². The first-order chi connectivity index (χ1) is 10.8. The number of carbonyl (C=O) groups excluding carboxylic acids is 1. The lowest BCUT2D eigenvalue weighted by molar-refractivity contribution is -0.207. The van der Waals surface area contributed by atoms with Gasteiger partial charge in [-0.3, -0.25) is 0 Å². The Morgan fingerprint density at radius 2 is 1.83 bits per heavy atom. The molecule has 0 bridgehead atoms. The minimum absolute atomic E-state index is 0.0543. The van der Waals surface area contributed by atoms with Gasteiger partial charge >= 0.3 is 12.1 Å². The molecule has 1 rings (SSSR count). The molecule has 1 aromatic rings. The van der Waals surface area contributed by atoms with Crippen LogP contribution in [-0.2, 0) is 9.47 Å². The van der Waals surface area contributed by atoms with Gasteiger partial charge in [0.1, 0.15) is 0 Å². The fraction of sp³-hybridized carbons (Fsp3) is 0.562. The lowest BCUT2D eigenvalue weighted by Crippen LogP contribution is -2.34. The number of rotatable bonds is 9. The van der Waals surface area contributed by atoms with Gasteiger partial charge < -0.3 is 14.6 Å². The van der Waals surface area contributed by atoms with Crippen molar-refractivity contribution in [1.29, 1.82) is 0 Å². The van der Waals surface area contributed by atoms with E-state index in [4.69, 9.17) is 4.74 Å². The van der Waals surface area contributed by atoms with Crippen LogP contribution in [0.4, 0.5) is 13.2 Å². The van der Waals surface area contributed by atoms with Crippen LogP contribution in [0.15, 0.2) is 30.3 Å². The Morgan fingerprint density at radius 3 is 2.39 bits per heavy atom. The summed E-state index contributed by atoms with van der Waals surface area (Å²) in [5.41, 5.74) is 0.0543. The molecule has 4 nitrogen and oxygen atoms in total. The number of aliphatic hydroxyl groups excluding tert-OH is 1. The number of halogens is 3. The normalized spacial score (nSPS) is 14.3. The van der Waals surface area contributed by atoms with E-state index in [2.05, 4.69) is 4.74 Å². The fourth-order valence-corrected chi connectivity index (χ4v) is 1.91. The summed E-state index contributed by atoms with van der Waals surface area (Å²) >= 11 is 0. The highest BCUT2D eigenvalue weighted by Crippen LogP contribution is 2.28. The minimum atomic E-state index is -4.68. The zero-order valence-electron chi connectivity index (χ0n) is 12.9. The Hall–Kier alpha value is -1.60. The maximum absolute atomic E-state index is 13.0. The van der Waals surface area contributed by atoms with Crippen LogP contribution in [-0.4, -0.2) is 42.7 Å². The molecule has 0 aliphatic rings. The molecular formula is C16H21F3O4. The Kier molecular flexibility index (Phi) is 8.05. The first kappa shape index (κ1) is 19.4. The van der Waals surface area contributed by atoms with Gasteiger partial charge in [0.05, 0.1) is 11.7 Å². The van der Waals surface area contributed by atoms with Crippen LogP contribution in [0.2, 0.25) is 0 Å². The smallest absolute Gasteiger partial charge is 0.425 e. The lowest BCUT2D eigenvalue weighted by atomic mass is 10.1. The third-order valence-electron chi connectivity index (χ3n) is 3.19. The molecule has 130 valence electrons. The predicted octanol–water partition coefficient (Wildman–Crippen LogP) is 3.34. The summed E-state index contributed by atoms with van der Waals surface area (Å²) in [5, 5.41) is 9.65. The Labute approximate surface area is 133 Å². The van der Waals surface area contributed by atoms with Crippen LogP contribution < -0.4 is 0 Å². The average molecular weight is 334 g/mol. The van der Waals surface area contributed by atoms with E-state index >= 15 is 0 Å². The van der Waals surface area contributed by atoms with Gasteiger partial charge in [-0.25, -0.2) is 4.79 Å². The number of aliphatic hydroxyl groups is 1. The van der Waals surface area contributed by atoms with E-state index < -0.39 is 30.8 Å². The third-order valence-corrected chi connectivity index (χ3v) is 3.19. The van der Waals surface area contributed by atoms with Crippen molar-refractivity contribution in [2.75, 3.05) is 13.2 Å². The number of esters is 1. The van der Waals surface area contributed by atoms with E-state index in [0.29, 0.717) is 6.61 Å². The first-order valence-corrected chi connectivity index (χ1v) is 7.43. The second-order valence-corrected chi connectivity index (χ2v) is 5.02. The summed E-state index contributed by atoms with van der Waals surface area (Å²) in [6.45, 7) is 2.54. The lowest BCUT2D eigenvalue weighted by Gasteiger charge is -2.22. The highest BCUT2D eigenvalue weighted by Gasteiger charge is 2.42. The molecule has 7 heteroatoms. The Morgan fingerprint density at radius 1 is 1.17 bits per heavy atom. The van der Waals surface area contributed by atoms with Crippen molar-refractivity contribution < 1.29 is 32.5 Å². The standard InChI is InChI=1S/C16H21F3O4/c1-2-22-11-10-13(20)8-9-14(16(17,18)19)23-15(21)12-6-4-3-5-7-12/h3-7,13-14,20H,2,8-11H2,1H3/t13?,14-/m1/s1. The van der Waals surface area contributed by atoms with E-state index in [0.717, 1.165) is 0 Å². The minimum Gasteiger partial charge on any atom is -0.449 e. The van der Waals surface area contributed by atoms with Gasteiger partial charge in [0.2, 0.25) is 0 Å². The molecule has 0 radical (unpaired) electrons. The van der Waals surface area contributed by atoms with Gasteiger partial charge in [-0.2, -0.15) is 13.2 Å². The third kappa shape index (κ3) is 7.47. The number of ether oxygens (including phenoxy) is 2. The van der Waals surface area contributed by atoms with Gasteiger partial charge in [-0.1, -0.05) is 18.2 Å². The molecular weight excluding hydrogens is 313 g/mol. The molecule has 2 atom stereocenters. The molecule has 0 saturated carbocycles. The quantitative estimate of drug-likeness (QED) is 0.556. The van der Waals surface area contributed by atoms with E-state index in [1.165, 1.54) is 24.3 Å². The summed E-state index contributed by atoms with van der Waals surface area (Å²) < 4.78 is 48.5. The van der Waals surface area contributed by atoms with Crippen LogP contribution in [0.25, 0.3) is 0 Å². The van der Waals surface area contributed by atoms with Crippen molar-refractivity contribution in [3.05, 3.63) is 35.9 Å². The first-order valence-electron chi connectivity index (χ1n) is 7.43. The average Bonchev–Trinajstić information content (AvgIpc) is 2.51. The Balaban J connectivity index is 2.55. The topological polar surface area (TPSA) is 55.8 Å². The highest BCUT2D eigenvalue weighted by atomic mass is 19.4. The predicted molar refractivity (Wildman–Crippen MR) is 78.1 cm³/mol. The summed E-state index contributed by atoms with van der Waals surface area (Å²) in [6.07, 6.45) is -8.22. The van der Waals surface area contributed by atoms with Crippen LogP contribution in [0, 0.1) is 0 Å². The van der Waals surface area contributed by atoms with Crippen molar-refractivity contribution in [3.8, 4) is 0 Å². The second kappa shape index (κ2) is 9.52. The molecule has 0 heterocycles. The highest BCUT2D eigenvalue weighted by molar-refractivity contribution is 5.89. The molecule has 1 aromatic carbocycles. The zero-order valence-corrected chi connectivity index (χ0v) is 12.9. The van der Waals surface area contributed by atoms with Gasteiger partial charge in [-0.15, -0.1) is 0 Å². The molecule has 0 aliphatic heterocycles. The number of benzene rings is 1. The molecule has 0 spiro atoms. The SMILES string of the molecule is CCOCCC(O)CC[C@@H](OC(=O)c1ccccc1)C(F)(F)F. The van der Waals surface area contributed by atoms with Gasteiger partial charge in [-0.05, 0) is 38.3 Å². The van der Waals surface area contributed by atoms with E-state index in [9.17, 15) is 23.1 Å². The van der Waals surface area contributed by atoms with Crippen LogP contribution >= 0.6 is 0 Å². The van der Waals surface area contributed by atoms with E-state index in [1.807, 2.05) is 0 Å². The molecule has 0 amide bonds. The Bertz CT molecular complexity index is 462. The molecule has 1 N–H and O–H groups in total. The van der Waals surface area contributed by atoms with Crippen LogP contribution in [0.5, 0.6) is 0 Å². The second-order valence-electron chi connectivity index (χ2n) is 5.02. The summed E-state index contributed by atoms with van der Waals surface area (Å²) in [7, 11) is 0. The van der Waals surface area contributed by atoms with Gasteiger partial charge in [0.15, 0.2) is 6.10 Å². The monoisotopic (exact) mass is 334 g/mol. The van der Waals surface area contributed by atoms with Crippen LogP contribution in [0.1, 0.15) is 36.5 Å². The molecule has 0 aliphatic carbocycles. The summed E-state index contributed by atoms with van der Waals surface area (Å²) in [6, 6.07) is 7.49. The number of carbonyl (C=O) groups is 1. The largest absolute Gasteiger partial charge is 0.449 e. The van der Waals surface area contributed by atoms with Crippen molar-refractivity contribution in [1.82, 2.24) is 0 Å². The van der Waals surface area contributed by atoms with Crippen molar-refractivity contribution >= 4 is 5.97 Å². The summed E-state index contributed by atoms with van der Waals surface area (Å²) in [4.78, 5) is 11.8.